The number of furan rings is 2. The normalized spacial score (nSPS) is 11.7. The first kappa shape index (κ1) is 23.9. The van der Waals surface area contributed by atoms with Crippen molar-refractivity contribution >= 4 is 71.7 Å². The Balaban J connectivity index is 1.33. The summed E-state index contributed by atoms with van der Waals surface area (Å²) in [6.45, 7) is 0. The summed E-state index contributed by atoms with van der Waals surface area (Å²) in [5, 5.41) is 6.81. The maximum atomic E-state index is 6.59. The Kier molecular flexibility index (Phi) is 5.20. The van der Waals surface area contributed by atoms with Crippen LogP contribution in [0, 0.1) is 0 Å². The molecule has 2 aromatic heterocycles. The van der Waals surface area contributed by atoms with Gasteiger partial charge in [-0.3, -0.25) is 0 Å². The Labute approximate surface area is 247 Å². The summed E-state index contributed by atoms with van der Waals surface area (Å²) in [7, 11) is 0. The van der Waals surface area contributed by atoms with Crippen LogP contribution in [-0.2, 0) is 0 Å². The van der Waals surface area contributed by atoms with Crippen molar-refractivity contribution in [3.63, 3.8) is 0 Å². The van der Waals surface area contributed by atoms with E-state index in [1.54, 1.807) is 0 Å². The molecule has 0 spiro atoms. The average molecular weight is 552 g/mol. The zero-order chi connectivity index (χ0) is 28.3. The molecule has 0 amide bonds. The molecule has 0 radical (unpaired) electrons. The molecule has 3 heteroatoms. The number of anilines is 3. The van der Waals surface area contributed by atoms with E-state index in [-0.39, 0.29) is 0 Å². The lowest BCUT2D eigenvalue weighted by atomic mass is 10.00. The molecular weight excluding hydrogens is 526 g/mol. The lowest BCUT2D eigenvalue weighted by Crippen LogP contribution is -2.10. The summed E-state index contributed by atoms with van der Waals surface area (Å²) in [5.74, 6) is 0. The van der Waals surface area contributed by atoms with Gasteiger partial charge in [0, 0.05) is 21.8 Å². The number of benzene rings is 7. The van der Waals surface area contributed by atoms with Crippen molar-refractivity contribution in [3.05, 3.63) is 152 Å². The summed E-state index contributed by atoms with van der Waals surface area (Å²) in [5.41, 5.74) is 8.82. The number of fused-ring (bicyclic) bond motifs is 7. The second-order valence-corrected chi connectivity index (χ2v) is 10.9. The lowest BCUT2D eigenvalue weighted by molar-refractivity contribution is 0.668. The minimum Gasteiger partial charge on any atom is -0.456 e. The fraction of sp³-hybridized carbons (Fsp3) is 0. The topological polar surface area (TPSA) is 29.5 Å². The molecular formula is C40H25NO2. The highest BCUT2D eigenvalue weighted by molar-refractivity contribution is 6.16. The summed E-state index contributed by atoms with van der Waals surface area (Å²) < 4.78 is 12.9. The summed E-state index contributed by atoms with van der Waals surface area (Å²) in [4.78, 5) is 2.32. The Hall–Kier alpha value is -5.80. The molecule has 9 aromatic rings. The van der Waals surface area contributed by atoms with Gasteiger partial charge in [-0.2, -0.15) is 0 Å². The van der Waals surface area contributed by atoms with Crippen LogP contribution in [0.3, 0.4) is 0 Å². The molecule has 0 saturated heterocycles. The number of hydrogen-bond acceptors (Lipinski definition) is 3. The van der Waals surface area contributed by atoms with Gasteiger partial charge >= 0.3 is 0 Å². The quantitative estimate of drug-likeness (QED) is 0.218. The van der Waals surface area contributed by atoms with Gasteiger partial charge in [-0.15, -0.1) is 0 Å². The Morgan fingerprint density at radius 3 is 1.95 bits per heavy atom. The molecule has 0 aliphatic rings. The lowest BCUT2D eigenvalue weighted by Gasteiger charge is -2.26. The van der Waals surface area contributed by atoms with Crippen molar-refractivity contribution in [2.75, 3.05) is 4.90 Å². The second-order valence-electron chi connectivity index (χ2n) is 10.9. The van der Waals surface area contributed by atoms with Crippen molar-refractivity contribution in [1.29, 1.82) is 0 Å². The van der Waals surface area contributed by atoms with Crippen LogP contribution in [0.25, 0.3) is 65.8 Å². The molecule has 0 bridgehead atoms. The minimum absolute atomic E-state index is 0.851. The van der Waals surface area contributed by atoms with E-state index >= 15 is 0 Å². The molecule has 202 valence electrons. The summed E-state index contributed by atoms with van der Waals surface area (Å²) in [6.07, 6.45) is 0. The Bertz CT molecular complexity index is 2480. The zero-order valence-electron chi connectivity index (χ0n) is 23.2. The Morgan fingerprint density at radius 2 is 1.05 bits per heavy atom. The third kappa shape index (κ3) is 3.75. The predicted molar refractivity (Wildman–Crippen MR) is 179 cm³/mol. The molecule has 0 N–H and O–H groups in total. The van der Waals surface area contributed by atoms with Crippen LogP contribution < -0.4 is 4.90 Å². The van der Waals surface area contributed by atoms with E-state index in [1.807, 2.05) is 30.3 Å². The van der Waals surface area contributed by atoms with Gasteiger partial charge in [-0.1, -0.05) is 103 Å². The first-order valence-electron chi connectivity index (χ1n) is 14.5. The third-order valence-corrected chi connectivity index (χ3v) is 8.43. The van der Waals surface area contributed by atoms with Gasteiger partial charge in [-0.05, 0) is 70.4 Å². The maximum absolute atomic E-state index is 6.59. The van der Waals surface area contributed by atoms with Crippen molar-refractivity contribution in [2.45, 2.75) is 0 Å². The maximum Gasteiger partial charge on any atom is 0.159 e. The van der Waals surface area contributed by atoms with E-state index < -0.39 is 0 Å². The SMILES string of the molecule is c1cc(-c2ccc3ccccc3c2)cc(N(c2cccc3c2oc2ccccc23)c2cccc3oc4ccccc4c23)c1. The molecule has 0 aliphatic heterocycles. The number of hydrogen-bond donors (Lipinski definition) is 0. The van der Waals surface area contributed by atoms with E-state index in [2.05, 4.69) is 126 Å². The van der Waals surface area contributed by atoms with E-state index in [9.17, 15) is 0 Å². The second kappa shape index (κ2) is 9.37. The molecule has 3 nitrogen and oxygen atoms in total. The fourth-order valence-corrected chi connectivity index (χ4v) is 6.45. The van der Waals surface area contributed by atoms with Crippen molar-refractivity contribution in [2.24, 2.45) is 0 Å². The van der Waals surface area contributed by atoms with Gasteiger partial charge in [-0.25, -0.2) is 0 Å². The molecule has 2 heterocycles. The van der Waals surface area contributed by atoms with E-state index in [1.165, 1.54) is 16.3 Å². The molecule has 43 heavy (non-hydrogen) atoms. The largest absolute Gasteiger partial charge is 0.456 e. The standard InChI is InChI=1S/C40H25NO2/c1-2-11-27-24-29(23-22-26(27)10-1)28-12-7-13-30(25-28)41(34-17-9-21-38-39(34)33-15-4-6-20-37(33)42-38)35-18-8-16-32-31-14-3-5-19-36(31)43-40(32)35/h1-25H. The van der Waals surface area contributed by atoms with Gasteiger partial charge in [0.15, 0.2) is 5.58 Å². The first-order chi connectivity index (χ1) is 21.3. The summed E-state index contributed by atoms with van der Waals surface area (Å²) >= 11 is 0. The Morgan fingerprint density at radius 1 is 0.395 bits per heavy atom. The predicted octanol–water partition coefficient (Wildman–Crippen LogP) is 11.8. The van der Waals surface area contributed by atoms with Gasteiger partial charge < -0.3 is 13.7 Å². The van der Waals surface area contributed by atoms with Crippen LogP contribution in [0.4, 0.5) is 17.1 Å². The van der Waals surface area contributed by atoms with Gasteiger partial charge in [0.05, 0.1) is 16.8 Å². The number of para-hydroxylation sites is 3. The molecule has 7 aromatic carbocycles. The minimum atomic E-state index is 0.851. The fourth-order valence-electron chi connectivity index (χ4n) is 6.45. The highest BCUT2D eigenvalue weighted by atomic mass is 16.3. The number of nitrogens with zero attached hydrogens (tertiary/aromatic N) is 1. The van der Waals surface area contributed by atoms with Gasteiger partial charge in [0.25, 0.3) is 0 Å². The molecule has 0 saturated carbocycles. The first-order valence-corrected chi connectivity index (χ1v) is 14.5. The van der Waals surface area contributed by atoms with Crippen LogP contribution in [0.5, 0.6) is 0 Å². The van der Waals surface area contributed by atoms with Crippen molar-refractivity contribution in [1.82, 2.24) is 0 Å². The molecule has 0 atom stereocenters. The zero-order valence-corrected chi connectivity index (χ0v) is 23.2. The van der Waals surface area contributed by atoms with Crippen molar-refractivity contribution in [3.8, 4) is 11.1 Å². The van der Waals surface area contributed by atoms with Crippen LogP contribution >= 0.6 is 0 Å². The molecule has 9 rings (SSSR count). The van der Waals surface area contributed by atoms with Gasteiger partial charge in [0.2, 0.25) is 0 Å². The number of rotatable bonds is 4. The molecule has 0 aliphatic carbocycles. The third-order valence-electron chi connectivity index (χ3n) is 8.43. The van der Waals surface area contributed by atoms with Gasteiger partial charge in [0.1, 0.15) is 16.7 Å². The van der Waals surface area contributed by atoms with Crippen LogP contribution in [-0.4, -0.2) is 0 Å². The highest BCUT2D eigenvalue weighted by Gasteiger charge is 2.23. The van der Waals surface area contributed by atoms with E-state index in [0.717, 1.165) is 66.5 Å². The smallest absolute Gasteiger partial charge is 0.159 e. The molecule has 0 fully saturated rings. The average Bonchev–Trinajstić information content (AvgIpc) is 3.64. The van der Waals surface area contributed by atoms with E-state index in [4.69, 9.17) is 8.83 Å². The monoisotopic (exact) mass is 551 g/mol. The van der Waals surface area contributed by atoms with Crippen LogP contribution in [0.2, 0.25) is 0 Å². The molecule has 0 unspecified atom stereocenters. The summed E-state index contributed by atoms with van der Waals surface area (Å²) in [6, 6.07) is 53.1. The van der Waals surface area contributed by atoms with Crippen LogP contribution in [0.1, 0.15) is 0 Å². The van der Waals surface area contributed by atoms with Crippen molar-refractivity contribution < 1.29 is 8.83 Å². The highest BCUT2D eigenvalue weighted by Crippen LogP contribution is 2.46. The van der Waals surface area contributed by atoms with E-state index in [0.29, 0.717) is 0 Å². The van der Waals surface area contributed by atoms with Crippen LogP contribution in [0.15, 0.2) is 160 Å².